The van der Waals surface area contributed by atoms with Gasteiger partial charge in [0.15, 0.2) is 0 Å². The fourth-order valence-electron chi connectivity index (χ4n) is 1.59. The molecular weight excluding hydrogens is 258 g/mol. The van der Waals surface area contributed by atoms with Crippen molar-refractivity contribution in [2.24, 2.45) is 0 Å². The number of methoxy groups -OCH3 is 1. The number of anilines is 1. The highest BCUT2D eigenvalue weighted by Crippen LogP contribution is 2.28. The molecule has 0 aliphatic heterocycles. The van der Waals surface area contributed by atoms with Crippen molar-refractivity contribution in [1.29, 1.82) is 0 Å². The van der Waals surface area contributed by atoms with E-state index in [-0.39, 0.29) is 0 Å². The van der Waals surface area contributed by atoms with Crippen molar-refractivity contribution in [2.75, 3.05) is 19.1 Å². The van der Waals surface area contributed by atoms with E-state index in [2.05, 4.69) is 30.8 Å². The van der Waals surface area contributed by atoms with Crippen LogP contribution in [0, 0.1) is 0 Å². The largest absolute Gasteiger partial charge is 0.480 e. The first-order valence-electron chi connectivity index (χ1n) is 5.01. The molecule has 1 heterocycles. The number of rotatable bonds is 3. The van der Waals surface area contributed by atoms with Crippen LogP contribution in [0.5, 0.6) is 5.88 Å². The van der Waals surface area contributed by atoms with Crippen molar-refractivity contribution in [3.8, 4) is 5.88 Å². The average molecular weight is 272 g/mol. The molecule has 82 valence electrons. The minimum absolute atomic E-state index is 0.589. The van der Waals surface area contributed by atoms with Crippen LogP contribution >= 0.6 is 15.9 Å². The molecule has 0 unspecified atom stereocenters. The summed E-state index contributed by atoms with van der Waals surface area (Å²) in [4.78, 5) is 10.7. The quantitative estimate of drug-likeness (QED) is 0.845. The maximum atomic E-state index is 5.14. The number of hydrogen-bond acceptors (Lipinski definition) is 4. The van der Waals surface area contributed by atoms with Gasteiger partial charge in [-0.05, 0) is 35.2 Å². The third kappa shape index (κ3) is 2.07. The number of nitrogens with zero attached hydrogens (tertiary/aromatic N) is 3. The van der Waals surface area contributed by atoms with Gasteiger partial charge in [-0.25, -0.2) is 4.98 Å². The lowest BCUT2D eigenvalue weighted by Gasteiger charge is -2.34. The molecule has 0 saturated heterocycles. The van der Waals surface area contributed by atoms with E-state index in [1.54, 1.807) is 13.3 Å². The molecule has 0 radical (unpaired) electrons. The van der Waals surface area contributed by atoms with Crippen LogP contribution in [0.2, 0.25) is 0 Å². The Morgan fingerprint density at radius 3 is 2.80 bits per heavy atom. The molecular formula is C10H14BrN3O. The van der Waals surface area contributed by atoms with Crippen molar-refractivity contribution in [1.82, 2.24) is 9.97 Å². The van der Waals surface area contributed by atoms with E-state index in [1.807, 2.05) is 7.05 Å². The summed E-state index contributed by atoms with van der Waals surface area (Å²) < 4.78 is 5.93. The topological polar surface area (TPSA) is 38.2 Å². The molecule has 0 N–H and O–H groups in total. The average Bonchev–Trinajstić information content (AvgIpc) is 2.15. The molecule has 0 bridgehead atoms. The van der Waals surface area contributed by atoms with E-state index in [0.717, 1.165) is 10.4 Å². The highest BCUT2D eigenvalue weighted by molar-refractivity contribution is 9.10. The highest BCUT2D eigenvalue weighted by Gasteiger charge is 2.24. The molecule has 2 rings (SSSR count). The summed E-state index contributed by atoms with van der Waals surface area (Å²) in [6.07, 6.45) is 5.51. The van der Waals surface area contributed by atoms with Crippen molar-refractivity contribution < 1.29 is 4.74 Å². The van der Waals surface area contributed by atoms with Gasteiger partial charge in [-0.1, -0.05) is 0 Å². The lowest BCUT2D eigenvalue weighted by atomic mass is 9.92. The molecule has 1 saturated carbocycles. The summed E-state index contributed by atoms with van der Waals surface area (Å²) in [5.41, 5.74) is 0. The van der Waals surface area contributed by atoms with Crippen LogP contribution in [0.25, 0.3) is 0 Å². The van der Waals surface area contributed by atoms with Crippen molar-refractivity contribution in [2.45, 2.75) is 25.3 Å². The molecule has 1 aromatic rings. The third-order valence-corrected chi connectivity index (χ3v) is 3.37. The van der Waals surface area contributed by atoms with Gasteiger partial charge in [-0.2, -0.15) is 4.98 Å². The van der Waals surface area contributed by atoms with E-state index >= 15 is 0 Å². The third-order valence-electron chi connectivity index (χ3n) is 2.83. The number of aromatic nitrogens is 2. The molecule has 0 spiro atoms. The molecule has 0 amide bonds. The van der Waals surface area contributed by atoms with Gasteiger partial charge in [0.25, 0.3) is 0 Å². The van der Waals surface area contributed by atoms with E-state index in [4.69, 9.17) is 4.74 Å². The second-order valence-corrected chi connectivity index (χ2v) is 4.58. The van der Waals surface area contributed by atoms with Crippen molar-refractivity contribution in [3.63, 3.8) is 0 Å². The second kappa shape index (κ2) is 4.35. The minimum atomic E-state index is 0.589. The lowest BCUT2D eigenvalue weighted by molar-refractivity contribution is 0.382. The summed E-state index contributed by atoms with van der Waals surface area (Å²) in [5, 5.41) is 0. The van der Waals surface area contributed by atoms with Crippen LogP contribution in [-0.4, -0.2) is 30.2 Å². The fraction of sp³-hybridized carbons (Fsp3) is 0.600. The Hall–Kier alpha value is -0.840. The van der Waals surface area contributed by atoms with Crippen LogP contribution in [-0.2, 0) is 0 Å². The molecule has 1 aliphatic carbocycles. The molecule has 15 heavy (non-hydrogen) atoms. The zero-order valence-electron chi connectivity index (χ0n) is 8.90. The van der Waals surface area contributed by atoms with Gasteiger partial charge in [-0.15, -0.1) is 0 Å². The Morgan fingerprint density at radius 1 is 1.53 bits per heavy atom. The Morgan fingerprint density at radius 2 is 2.27 bits per heavy atom. The van der Waals surface area contributed by atoms with Gasteiger partial charge in [0.1, 0.15) is 0 Å². The Kier molecular flexibility index (Phi) is 3.09. The SMILES string of the molecule is COc1nc(N(C)C2CCC2)ncc1Br. The summed E-state index contributed by atoms with van der Waals surface area (Å²) in [7, 11) is 3.65. The summed E-state index contributed by atoms with van der Waals surface area (Å²) in [6.45, 7) is 0. The van der Waals surface area contributed by atoms with E-state index in [9.17, 15) is 0 Å². The smallest absolute Gasteiger partial charge is 0.232 e. The van der Waals surface area contributed by atoms with Gasteiger partial charge in [0.2, 0.25) is 11.8 Å². The highest BCUT2D eigenvalue weighted by atomic mass is 79.9. The minimum Gasteiger partial charge on any atom is -0.480 e. The van der Waals surface area contributed by atoms with Crippen molar-refractivity contribution >= 4 is 21.9 Å². The van der Waals surface area contributed by atoms with Crippen LogP contribution < -0.4 is 9.64 Å². The predicted molar refractivity (Wildman–Crippen MR) is 62.3 cm³/mol. The second-order valence-electron chi connectivity index (χ2n) is 3.72. The van der Waals surface area contributed by atoms with E-state index in [1.165, 1.54) is 19.3 Å². The van der Waals surface area contributed by atoms with Crippen molar-refractivity contribution in [3.05, 3.63) is 10.7 Å². The normalized spacial score (nSPS) is 15.9. The molecule has 5 heteroatoms. The number of halogens is 1. The summed E-state index contributed by atoms with van der Waals surface area (Å²) >= 11 is 3.34. The van der Waals surface area contributed by atoms with Crippen LogP contribution in [0.15, 0.2) is 10.7 Å². The van der Waals surface area contributed by atoms with Gasteiger partial charge >= 0.3 is 0 Å². The first kappa shape index (κ1) is 10.7. The standard InChI is InChI=1S/C10H14BrN3O/c1-14(7-4-3-5-7)10-12-6-8(11)9(13-10)15-2/h6-7H,3-5H2,1-2H3. The summed E-state index contributed by atoms with van der Waals surface area (Å²) in [6, 6.07) is 0.593. The Labute approximate surface area is 97.8 Å². The van der Waals surface area contributed by atoms with E-state index in [0.29, 0.717) is 11.9 Å². The molecule has 4 nitrogen and oxygen atoms in total. The molecule has 1 fully saturated rings. The van der Waals surface area contributed by atoms with Gasteiger partial charge < -0.3 is 9.64 Å². The maximum Gasteiger partial charge on any atom is 0.232 e. The van der Waals surface area contributed by atoms with Gasteiger partial charge in [0, 0.05) is 13.1 Å². The molecule has 0 aromatic carbocycles. The zero-order chi connectivity index (χ0) is 10.8. The Balaban J connectivity index is 2.20. The summed E-state index contributed by atoms with van der Waals surface area (Å²) in [5.74, 6) is 1.32. The first-order chi connectivity index (χ1) is 7.22. The van der Waals surface area contributed by atoms with Gasteiger partial charge in [-0.3, -0.25) is 0 Å². The molecule has 0 atom stereocenters. The monoisotopic (exact) mass is 271 g/mol. The fourth-order valence-corrected chi connectivity index (χ4v) is 1.95. The number of ether oxygens (including phenoxy) is 1. The van der Waals surface area contributed by atoms with Crippen LogP contribution in [0.3, 0.4) is 0 Å². The molecule has 1 aliphatic rings. The number of hydrogen-bond donors (Lipinski definition) is 0. The Bertz CT molecular complexity index is 355. The lowest BCUT2D eigenvalue weighted by Crippen LogP contribution is -2.38. The zero-order valence-corrected chi connectivity index (χ0v) is 10.5. The van der Waals surface area contributed by atoms with Gasteiger partial charge in [0.05, 0.1) is 17.8 Å². The van der Waals surface area contributed by atoms with E-state index < -0.39 is 0 Å². The maximum absolute atomic E-state index is 5.14. The molecule has 1 aromatic heterocycles. The van der Waals surface area contributed by atoms with Crippen LogP contribution in [0.1, 0.15) is 19.3 Å². The first-order valence-corrected chi connectivity index (χ1v) is 5.81. The van der Waals surface area contributed by atoms with Crippen LogP contribution in [0.4, 0.5) is 5.95 Å². The predicted octanol–water partition coefficient (Wildman–Crippen LogP) is 2.24.